The average molecular weight is 636 g/mol. The molecule has 0 heterocycles. The monoisotopic (exact) mass is 637 g/mol. The van der Waals surface area contributed by atoms with Gasteiger partial charge >= 0.3 is 5.97 Å². The fraction of sp³-hybridized carbons (Fsp3) is 0.972. The highest BCUT2D eigenvalue weighted by atomic mass is 16.4. The molecule has 4 fully saturated rings. The van der Waals surface area contributed by atoms with Crippen LogP contribution in [0.3, 0.4) is 0 Å². The number of unbranched alkanes of at least 4 members (excludes halogenated alkanes) is 2. The Labute approximate surface area is 287 Å². The zero-order valence-corrected chi connectivity index (χ0v) is 31.3. The van der Waals surface area contributed by atoms with Gasteiger partial charge in [0.25, 0.3) is 0 Å². The van der Waals surface area contributed by atoms with Crippen molar-refractivity contribution in [1.29, 1.82) is 0 Å². The highest BCUT2D eigenvalue weighted by molar-refractivity contribution is 6.46. The second-order valence-electron chi connectivity index (χ2n) is 18.4. The highest BCUT2D eigenvalue weighted by Crippen LogP contribution is 2.72. The van der Waals surface area contributed by atoms with E-state index in [2.05, 4.69) is 61.2 Å². The van der Waals surface area contributed by atoms with Crippen LogP contribution in [0.1, 0.15) is 117 Å². The Morgan fingerprint density at radius 3 is 2.15 bits per heavy atom. The fourth-order valence-electron chi connectivity index (χ4n) is 12.7. The molecule has 4 aliphatic carbocycles. The first-order valence-corrected chi connectivity index (χ1v) is 19.9. The smallest absolute Gasteiger partial charge is 0.306 e. The number of carboxylic acid groups (broad SMARTS) is 1. The molecule has 0 spiro atoms. The van der Waals surface area contributed by atoms with E-state index < -0.39 is 5.97 Å². The summed E-state index contributed by atoms with van der Waals surface area (Å²) in [6.07, 6.45) is 19.1. The summed E-state index contributed by atoms with van der Waals surface area (Å²) in [6, 6.07) is 0.558. The lowest BCUT2D eigenvalue weighted by molar-refractivity contribution is -0.141. The molecule has 260 valence electrons. The quantitative estimate of drug-likeness (QED) is 0.111. The molecule has 0 amide bonds. The van der Waals surface area contributed by atoms with Gasteiger partial charge in [0.05, 0.1) is 5.92 Å². The number of hydrogen-bond acceptors (Lipinski definition) is 5. The van der Waals surface area contributed by atoms with E-state index in [1.165, 1.54) is 77.0 Å². The number of nitrogens with one attached hydrogen (secondary N) is 3. The number of aliphatic carboxylic acids is 1. The summed E-state index contributed by atoms with van der Waals surface area (Å²) < 4.78 is 0. The summed E-state index contributed by atoms with van der Waals surface area (Å²) in [6.45, 7) is 13.5. The molecule has 4 aliphatic rings. The van der Waals surface area contributed by atoms with Crippen molar-refractivity contribution in [2.75, 3.05) is 39.3 Å². The van der Waals surface area contributed by atoms with E-state index in [0.29, 0.717) is 16.9 Å². The van der Waals surface area contributed by atoms with Gasteiger partial charge in [-0.1, -0.05) is 56.9 Å². The van der Waals surface area contributed by atoms with Crippen LogP contribution in [0.5, 0.6) is 0 Å². The largest absolute Gasteiger partial charge is 0.481 e. The van der Waals surface area contributed by atoms with Crippen molar-refractivity contribution in [3.8, 4) is 0 Å². The van der Waals surface area contributed by atoms with Gasteiger partial charge in [-0.3, -0.25) is 4.79 Å². The van der Waals surface area contributed by atoms with Crippen LogP contribution in [0.25, 0.3) is 0 Å². The van der Waals surface area contributed by atoms with Gasteiger partial charge < -0.3 is 26.8 Å². The topological polar surface area (TPSA) is 99.4 Å². The predicted octanol–water partition coefficient (Wildman–Crippen LogP) is 2.57. The van der Waals surface area contributed by atoms with Crippen molar-refractivity contribution in [2.24, 2.45) is 52.1 Å². The zero-order valence-electron chi connectivity index (χ0n) is 31.3. The van der Waals surface area contributed by atoms with Crippen LogP contribution in [-0.2, 0) is 4.79 Å². The summed E-state index contributed by atoms with van der Waals surface area (Å²) in [7, 11) is 10.4. The Balaban J connectivity index is 1.28. The number of fused-ring (bicyclic) bond motifs is 5. The summed E-state index contributed by atoms with van der Waals surface area (Å²) in [4.78, 5) is 11.3. The van der Waals surface area contributed by atoms with Crippen LogP contribution >= 0.6 is 0 Å². The van der Waals surface area contributed by atoms with E-state index in [9.17, 15) is 9.90 Å². The summed E-state index contributed by atoms with van der Waals surface area (Å²) in [5.41, 5.74) is 6.50. The minimum atomic E-state index is -0.635. The molecular weight excluding hydrogens is 564 g/mol. The maximum absolute atomic E-state index is 11.3. The molecule has 4 saturated carbocycles. The van der Waals surface area contributed by atoms with Gasteiger partial charge in [-0.2, -0.15) is 0 Å². The van der Waals surface area contributed by atoms with Crippen LogP contribution in [-0.4, -0.2) is 87.8 Å². The van der Waals surface area contributed by atoms with Gasteiger partial charge in [0.2, 0.25) is 0 Å². The third-order valence-corrected chi connectivity index (χ3v) is 14.6. The molecule has 46 heavy (non-hydrogen) atoms. The third-order valence-electron chi connectivity index (χ3n) is 14.6. The zero-order chi connectivity index (χ0) is 33.6. The Bertz CT molecular complexity index is 972. The Morgan fingerprint density at radius 2 is 1.48 bits per heavy atom. The lowest BCUT2D eigenvalue weighted by atomic mass is 9.24. The molecule has 0 saturated heterocycles. The molecule has 6 nitrogen and oxygen atoms in total. The number of rotatable bonds is 19. The molecule has 9 unspecified atom stereocenters. The van der Waals surface area contributed by atoms with Crippen molar-refractivity contribution in [3.05, 3.63) is 0 Å². The average Bonchev–Trinajstić information content (AvgIpc) is 3.32. The number of hydrogen-bond donors (Lipinski definition) is 5. The second-order valence-corrected chi connectivity index (χ2v) is 18.4. The van der Waals surface area contributed by atoms with Gasteiger partial charge in [0.15, 0.2) is 0 Å². The minimum absolute atomic E-state index is 0.200. The van der Waals surface area contributed by atoms with Gasteiger partial charge in [-0.05, 0) is 156 Å². The molecule has 9 atom stereocenters. The van der Waals surface area contributed by atoms with Gasteiger partial charge in [0.1, 0.15) is 31.4 Å². The molecule has 0 aromatic carbocycles. The van der Waals surface area contributed by atoms with E-state index >= 15 is 0 Å². The first-order chi connectivity index (χ1) is 21.8. The van der Waals surface area contributed by atoms with Crippen molar-refractivity contribution in [1.82, 2.24) is 16.0 Å². The highest BCUT2D eigenvalue weighted by Gasteiger charge is 2.65. The number of nitrogens with two attached hydrogens (primary N) is 1. The van der Waals surface area contributed by atoms with Crippen molar-refractivity contribution in [2.45, 2.75) is 134 Å². The van der Waals surface area contributed by atoms with Crippen LogP contribution < -0.4 is 21.7 Å². The van der Waals surface area contributed by atoms with Crippen molar-refractivity contribution >= 4 is 37.4 Å². The molecule has 0 aliphatic heterocycles. The molecule has 0 aromatic rings. The van der Waals surface area contributed by atoms with E-state index in [-0.39, 0.29) is 16.3 Å². The van der Waals surface area contributed by atoms with E-state index in [4.69, 9.17) is 5.73 Å². The van der Waals surface area contributed by atoms with Crippen LogP contribution in [0.2, 0.25) is 10.4 Å². The summed E-state index contributed by atoms with van der Waals surface area (Å²) in [5.74, 6) is 3.47. The molecule has 4 rings (SSSR count). The Hall–Kier alpha value is -0.430. The maximum Gasteiger partial charge on any atom is 0.306 e. The fourth-order valence-corrected chi connectivity index (χ4v) is 12.7. The van der Waals surface area contributed by atoms with Crippen LogP contribution in [0.15, 0.2) is 0 Å². The standard InChI is InChI=1S/C36H72B4N4O2/c1-25(31(45)46)10-4-5-11-26-12-14-28-27-13-15-30-34(3,29(27)16-17-33(26,28)2)24-35(37,38)32(36(30,39)40)44-23-9-22-43-20-7-6-19-42-21-8-18-41/h25-30,32,42-44H,4-24,37-41H2,1-3H3,(H,45,46). The number of carbonyl (C=O) groups is 1. The van der Waals surface area contributed by atoms with Crippen LogP contribution in [0, 0.1) is 46.3 Å². The maximum atomic E-state index is 11.3. The number of carboxylic acids is 1. The van der Waals surface area contributed by atoms with Crippen molar-refractivity contribution < 1.29 is 9.90 Å². The molecule has 10 heteroatoms. The van der Waals surface area contributed by atoms with Gasteiger partial charge in [0, 0.05) is 0 Å². The van der Waals surface area contributed by atoms with E-state index in [0.717, 1.165) is 88.1 Å². The normalized spacial score (nSPS) is 36.8. The Morgan fingerprint density at radius 1 is 0.826 bits per heavy atom. The van der Waals surface area contributed by atoms with E-state index in [1.54, 1.807) is 0 Å². The minimum Gasteiger partial charge on any atom is -0.481 e. The first-order valence-electron chi connectivity index (χ1n) is 19.9. The predicted molar refractivity (Wildman–Crippen MR) is 206 cm³/mol. The lowest BCUT2D eigenvalue weighted by Crippen LogP contribution is -2.65. The molecule has 0 radical (unpaired) electrons. The van der Waals surface area contributed by atoms with Gasteiger partial charge in [-0.15, -0.1) is 0 Å². The first kappa shape index (κ1) is 38.4. The molecule has 0 aromatic heterocycles. The summed E-state index contributed by atoms with van der Waals surface area (Å²) >= 11 is 0. The third kappa shape index (κ3) is 8.47. The lowest BCUT2D eigenvalue weighted by Gasteiger charge is -2.69. The SMILES string of the molecule is BC1(B)CC2(C)C3CCC4(C)C(CCCCC(C)C(=O)O)CCC4C3CCC2C(B)(B)C1NCCCNCCCCNCCCN. The summed E-state index contributed by atoms with van der Waals surface area (Å²) in [5, 5.41) is 21.2. The second kappa shape index (κ2) is 16.5. The Kier molecular flexibility index (Phi) is 13.8. The van der Waals surface area contributed by atoms with Crippen LogP contribution in [0.4, 0.5) is 0 Å². The van der Waals surface area contributed by atoms with Gasteiger partial charge in [-0.25, -0.2) is 0 Å². The molecule has 0 bridgehead atoms. The molecule has 6 N–H and O–H groups in total. The van der Waals surface area contributed by atoms with Crippen molar-refractivity contribution in [3.63, 3.8) is 0 Å². The molecular formula is C36H72B4N4O2. The van der Waals surface area contributed by atoms with E-state index in [1.807, 2.05) is 6.92 Å².